The van der Waals surface area contributed by atoms with Crippen LogP contribution in [-0.2, 0) is 16.1 Å². The third-order valence-electron chi connectivity index (χ3n) is 3.57. The molecule has 1 aliphatic heterocycles. The van der Waals surface area contributed by atoms with Gasteiger partial charge in [-0.05, 0) is 33.1 Å². The van der Waals surface area contributed by atoms with E-state index in [2.05, 4.69) is 10.2 Å². The second-order valence-corrected chi connectivity index (χ2v) is 6.37. The molecular weight excluding hydrogens is 258 g/mol. The summed E-state index contributed by atoms with van der Waals surface area (Å²) in [5.41, 5.74) is -0.328. The first-order valence-corrected chi connectivity index (χ1v) is 7.01. The Morgan fingerprint density at radius 1 is 1.40 bits per heavy atom. The maximum absolute atomic E-state index is 12.7. The van der Waals surface area contributed by atoms with E-state index in [9.17, 15) is 4.79 Å². The van der Waals surface area contributed by atoms with E-state index in [1.165, 1.54) is 0 Å². The van der Waals surface area contributed by atoms with Crippen LogP contribution in [0, 0.1) is 12.8 Å². The Balaban J connectivity index is 2.17. The van der Waals surface area contributed by atoms with Gasteiger partial charge in [0.2, 0.25) is 11.8 Å². The molecule has 6 heteroatoms. The standard InChI is InChI=1S/C14H23N3O3/c1-9-6-7-19-12(9)13(18)17(14(3,4)5)8-11-16-15-10(2)20-11/h9,12H,6-8H2,1-5H3/t9-,12+/m0/s1. The number of hydrogen-bond donors (Lipinski definition) is 0. The van der Waals surface area contributed by atoms with E-state index in [0.29, 0.717) is 24.9 Å². The van der Waals surface area contributed by atoms with E-state index in [4.69, 9.17) is 9.15 Å². The van der Waals surface area contributed by atoms with Crippen molar-refractivity contribution in [2.24, 2.45) is 5.92 Å². The van der Waals surface area contributed by atoms with Gasteiger partial charge in [-0.15, -0.1) is 10.2 Å². The summed E-state index contributed by atoms with van der Waals surface area (Å²) in [6.45, 7) is 10.7. The number of carbonyl (C=O) groups is 1. The van der Waals surface area contributed by atoms with Gasteiger partial charge in [-0.1, -0.05) is 6.92 Å². The predicted octanol–water partition coefficient (Wildman–Crippen LogP) is 1.93. The van der Waals surface area contributed by atoms with Gasteiger partial charge >= 0.3 is 0 Å². The summed E-state index contributed by atoms with van der Waals surface area (Å²) < 4.78 is 11.0. The van der Waals surface area contributed by atoms with Crippen molar-refractivity contribution in [3.05, 3.63) is 11.8 Å². The monoisotopic (exact) mass is 281 g/mol. The van der Waals surface area contributed by atoms with E-state index >= 15 is 0 Å². The van der Waals surface area contributed by atoms with E-state index in [1.54, 1.807) is 11.8 Å². The lowest BCUT2D eigenvalue weighted by molar-refractivity contribution is -0.148. The largest absolute Gasteiger partial charge is 0.424 e. The van der Waals surface area contributed by atoms with Gasteiger partial charge in [0.15, 0.2) is 0 Å². The zero-order valence-corrected chi connectivity index (χ0v) is 12.8. The molecule has 2 rings (SSSR count). The third kappa shape index (κ3) is 3.17. The van der Waals surface area contributed by atoms with Gasteiger partial charge in [-0.3, -0.25) is 4.79 Å². The quantitative estimate of drug-likeness (QED) is 0.846. The molecule has 0 unspecified atom stereocenters. The Labute approximate surface area is 119 Å². The molecule has 0 aromatic carbocycles. The highest BCUT2D eigenvalue weighted by atomic mass is 16.5. The number of aryl methyl sites for hydroxylation is 1. The number of amides is 1. The molecule has 0 aliphatic carbocycles. The Morgan fingerprint density at radius 3 is 2.55 bits per heavy atom. The van der Waals surface area contributed by atoms with Gasteiger partial charge in [0.25, 0.3) is 5.91 Å². The minimum atomic E-state index is -0.363. The molecule has 112 valence electrons. The van der Waals surface area contributed by atoms with Crippen molar-refractivity contribution < 1.29 is 13.9 Å². The van der Waals surface area contributed by atoms with Crippen LogP contribution in [0.25, 0.3) is 0 Å². The molecule has 2 heterocycles. The first kappa shape index (κ1) is 15.0. The lowest BCUT2D eigenvalue weighted by Gasteiger charge is -2.36. The van der Waals surface area contributed by atoms with Crippen LogP contribution < -0.4 is 0 Å². The lowest BCUT2D eigenvalue weighted by Crippen LogP contribution is -2.50. The van der Waals surface area contributed by atoms with Crippen LogP contribution in [0.1, 0.15) is 45.9 Å². The molecule has 0 spiro atoms. The highest BCUT2D eigenvalue weighted by Crippen LogP contribution is 2.26. The van der Waals surface area contributed by atoms with Gasteiger partial charge in [0.1, 0.15) is 6.10 Å². The van der Waals surface area contributed by atoms with Crippen molar-refractivity contribution in [2.75, 3.05) is 6.61 Å². The molecule has 1 aromatic rings. The summed E-state index contributed by atoms with van der Waals surface area (Å²) in [5.74, 6) is 1.21. The highest BCUT2D eigenvalue weighted by Gasteiger charge is 2.38. The third-order valence-corrected chi connectivity index (χ3v) is 3.57. The maximum atomic E-state index is 12.7. The Kier molecular flexibility index (Phi) is 4.13. The fourth-order valence-corrected chi connectivity index (χ4v) is 2.35. The molecule has 0 bridgehead atoms. The molecule has 1 amide bonds. The second-order valence-electron chi connectivity index (χ2n) is 6.37. The van der Waals surface area contributed by atoms with Crippen LogP contribution in [0.2, 0.25) is 0 Å². The van der Waals surface area contributed by atoms with Crippen LogP contribution in [0.5, 0.6) is 0 Å². The van der Waals surface area contributed by atoms with Crippen LogP contribution >= 0.6 is 0 Å². The highest BCUT2D eigenvalue weighted by molar-refractivity contribution is 5.82. The number of rotatable bonds is 3. The van der Waals surface area contributed by atoms with Gasteiger partial charge in [0, 0.05) is 19.1 Å². The van der Waals surface area contributed by atoms with Crippen molar-refractivity contribution >= 4 is 5.91 Å². The zero-order chi connectivity index (χ0) is 14.9. The molecule has 1 aromatic heterocycles. The van der Waals surface area contributed by atoms with Gasteiger partial charge in [0.05, 0.1) is 6.54 Å². The summed E-state index contributed by atoms with van der Waals surface area (Å²) in [5, 5.41) is 7.78. The molecular formula is C14H23N3O3. The van der Waals surface area contributed by atoms with E-state index in [-0.39, 0.29) is 23.5 Å². The van der Waals surface area contributed by atoms with E-state index < -0.39 is 0 Å². The first-order chi connectivity index (χ1) is 9.29. The zero-order valence-electron chi connectivity index (χ0n) is 12.8. The van der Waals surface area contributed by atoms with Crippen molar-refractivity contribution in [3.8, 4) is 0 Å². The van der Waals surface area contributed by atoms with Crippen molar-refractivity contribution in [1.82, 2.24) is 15.1 Å². The summed E-state index contributed by atoms with van der Waals surface area (Å²) in [6.07, 6.45) is 0.562. The average molecular weight is 281 g/mol. The molecule has 1 aliphatic rings. The minimum Gasteiger partial charge on any atom is -0.424 e. The molecule has 20 heavy (non-hydrogen) atoms. The Hall–Kier alpha value is -1.43. The minimum absolute atomic E-state index is 0.00152. The van der Waals surface area contributed by atoms with Crippen molar-refractivity contribution in [1.29, 1.82) is 0 Å². The number of ether oxygens (including phenoxy) is 1. The smallest absolute Gasteiger partial charge is 0.252 e. The van der Waals surface area contributed by atoms with Crippen LogP contribution in [0.4, 0.5) is 0 Å². The van der Waals surface area contributed by atoms with Crippen LogP contribution in [0.3, 0.4) is 0 Å². The first-order valence-electron chi connectivity index (χ1n) is 7.01. The maximum Gasteiger partial charge on any atom is 0.252 e. The summed E-state index contributed by atoms with van der Waals surface area (Å²) in [4.78, 5) is 14.5. The molecule has 1 fully saturated rings. The van der Waals surface area contributed by atoms with Crippen LogP contribution in [-0.4, -0.2) is 39.3 Å². The summed E-state index contributed by atoms with van der Waals surface area (Å²) in [7, 11) is 0. The normalized spacial score (nSPS) is 23.1. The number of aromatic nitrogens is 2. The van der Waals surface area contributed by atoms with Gasteiger partial charge in [-0.2, -0.15) is 0 Å². The fraction of sp³-hybridized carbons (Fsp3) is 0.786. The van der Waals surface area contributed by atoms with E-state index in [1.807, 2.05) is 27.7 Å². The SMILES string of the molecule is Cc1nnc(CN(C(=O)[C@@H]2OCC[C@@H]2C)C(C)(C)C)o1. The number of hydrogen-bond acceptors (Lipinski definition) is 5. The molecule has 0 radical (unpaired) electrons. The van der Waals surface area contributed by atoms with Crippen LogP contribution in [0.15, 0.2) is 4.42 Å². The Bertz CT molecular complexity index is 478. The summed E-state index contributed by atoms with van der Waals surface area (Å²) >= 11 is 0. The predicted molar refractivity (Wildman–Crippen MR) is 72.9 cm³/mol. The fourth-order valence-electron chi connectivity index (χ4n) is 2.35. The lowest BCUT2D eigenvalue weighted by atomic mass is 9.99. The van der Waals surface area contributed by atoms with Crippen molar-refractivity contribution in [2.45, 2.75) is 59.2 Å². The van der Waals surface area contributed by atoms with E-state index in [0.717, 1.165) is 6.42 Å². The molecule has 0 N–H and O–H groups in total. The molecule has 6 nitrogen and oxygen atoms in total. The topological polar surface area (TPSA) is 68.5 Å². The molecule has 0 saturated carbocycles. The number of nitrogens with zero attached hydrogens (tertiary/aromatic N) is 3. The van der Waals surface area contributed by atoms with Gasteiger partial charge in [-0.25, -0.2) is 0 Å². The van der Waals surface area contributed by atoms with Gasteiger partial charge < -0.3 is 14.1 Å². The molecule has 1 saturated heterocycles. The summed E-state index contributed by atoms with van der Waals surface area (Å²) in [6, 6.07) is 0. The second kappa shape index (κ2) is 5.52. The van der Waals surface area contributed by atoms with Crippen molar-refractivity contribution in [3.63, 3.8) is 0 Å². The number of carbonyl (C=O) groups excluding carboxylic acids is 1. The molecule has 2 atom stereocenters. The average Bonchev–Trinajstić information content (AvgIpc) is 2.93. The Morgan fingerprint density at radius 2 is 2.10 bits per heavy atom.